The van der Waals surface area contributed by atoms with Crippen LogP contribution in [0.3, 0.4) is 0 Å². The zero-order chi connectivity index (χ0) is 15.1. The lowest BCUT2D eigenvalue weighted by Gasteiger charge is -2.03. The summed E-state index contributed by atoms with van der Waals surface area (Å²) >= 11 is 0.718. The van der Waals surface area contributed by atoms with Gasteiger partial charge in [0.25, 0.3) is 10.0 Å². The van der Waals surface area contributed by atoms with Crippen molar-refractivity contribution in [1.29, 1.82) is 0 Å². The molecule has 0 atom stereocenters. The zero-order valence-electron chi connectivity index (χ0n) is 11.0. The number of rotatable bonds is 4. The molecule has 20 heavy (non-hydrogen) atoms. The predicted molar refractivity (Wildman–Crippen MR) is 74.9 cm³/mol. The number of aromatic amines is 1. The number of H-pyrrole nitrogens is 1. The van der Waals surface area contributed by atoms with Crippen molar-refractivity contribution in [2.75, 3.05) is 4.72 Å². The predicted octanol–water partition coefficient (Wildman–Crippen LogP) is 1.90. The van der Waals surface area contributed by atoms with Gasteiger partial charge in [-0.1, -0.05) is 0 Å². The van der Waals surface area contributed by atoms with Gasteiger partial charge >= 0.3 is 5.97 Å². The quantitative estimate of drug-likeness (QED) is 0.797. The Morgan fingerprint density at radius 3 is 2.50 bits per heavy atom. The van der Waals surface area contributed by atoms with Crippen LogP contribution in [-0.4, -0.2) is 29.7 Å². The molecule has 2 heterocycles. The number of nitrogens with zero attached hydrogens (tertiary/aromatic N) is 1. The standard InChI is InChI=1S/C11H13N3O4S2/c1-5-4-8(19-9(5)11(15)16)20(17,18)14-10-6(2)7(3)12-13-10/h4H,1-3H3,(H,15,16)(H2,12,13,14). The van der Waals surface area contributed by atoms with Gasteiger partial charge in [-0.15, -0.1) is 11.3 Å². The molecule has 0 saturated heterocycles. The Hall–Kier alpha value is -1.87. The summed E-state index contributed by atoms with van der Waals surface area (Å²) < 4.78 is 26.7. The molecule has 0 aliphatic carbocycles. The first-order valence-corrected chi connectivity index (χ1v) is 7.90. The van der Waals surface area contributed by atoms with E-state index in [0.29, 0.717) is 11.1 Å². The highest BCUT2D eigenvalue weighted by molar-refractivity contribution is 7.94. The molecule has 0 aliphatic rings. The summed E-state index contributed by atoms with van der Waals surface area (Å²) in [5, 5.41) is 15.5. The number of hydrogen-bond acceptors (Lipinski definition) is 5. The lowest BCUT2D eigenvalue weighted by molar-refractivity contribution is 0.0701. The summed E-state index contributed by atoms with van der Waals surface area (Å²) in [7, 11) is -3.84. The third-order valence-electron chi connectivity index (χ3n) is 2.84. The Morgan fingerprint density at radius 2 is 2.05 bits per heavy atom. The van der Waals surface area contributed by atoms with Crippen LogP contribution in [0.5, 0.6) is 0 Å². The van der Waals surface area contributed by atoms with Crippen molar-refractivity contribution in [2.45, 2.75) is 25.0 Å². The number of aryl methyl sites for hydroxylation is 2. The number of carbonyl (C=O) groups is 1. The van der Waals surface area contributed by atoms with Crippen LogP contribution in [0.1, 0.15) is 26.5 Å². The van der Waals surface area contributed by atoms with Gasteiger partial charge in [0.2, 0.25) is 0 Å². The van der Waals surface area contributed by atoms with Gasteiger partial charge in [-0.2, -0.15) is 5.10 Å². The molecule has 2 aromatic heterocycles. The van der Waals surface area contributed by atoms with E-state index < -0.39 is 16.0 Å². The fourth-order valence-electron chi connectivity index (χ4n) is 1.56. The van der Waals surface area contributed by atoms with Crippen LogP contribution in [0.25, 0.3) is 0 Å². The molecule has 0 spiro atoms. The second-order valence-electron chi connectivity index (χ2n) is 4.31. The smallest absolute Gasteiger partial charge is 0.346 e. The molecule has 0 unspecified atom stereocenters. The fourth-order valence-corrected chi connectivity index (χ4v) is 4.00. The summed E-state index contributed by atoms with van der Waals surface area (Å²) in [4.78, 5) is 11.0. The highest BCUT2D eigenvalue weighted by atomic mass is 32.2. The van der Waals surface area contributed by atoms with Crippen molar-refractivity contribution in [1.82, 2.24) is 10.2 Å². The molecule has 0 amide bonds. The van der Waals surface area contributed by atoms with Gasteiger partial charge in [0.05, 0.1) is 0 Å². The van der Waals surface area contributed by atoms with E-state index in [1.54, 1.807) is 20.8 Å². The van der Waals surface area contributed by atoms with E-state index in [4.69, 9.17) is 5.11 Å². The Kier molecular flexibility index (Phi) is 3.57. The number of thiophene rings is 1. The summed E-state index contributed by atoms with van der Waals surface area (Å²) in [6.07, 6.45) is 0. The molecule has 7 nitrogen and oxygen atoms in total. The first-order chi connectivity index (χ1) is 9.22. The molecule has 0 saturated carbocycles. The number of aromatic nitrogens is 2. The number of anilines is 1. The van der Waals surface area contributed by atoms with Crippen molar-refractivity contribution in [2.24, 2.45) is 0 Å². The van der Waals surface area contributed by atoms with Gasteiger partial charge < -0.3 is 5.11 Å². The maximum Gasteiger partial charge on any atom is 0.346 e. The van der Waals surface area contributed by atoms with E-state index in [9.17, 15) is 13.2 Å². The second-order valence-corrected chi connectivity index (χ2v) is 7.27. The van der Waals surface area contributed by atoms with E-state index in [1.807, 2.05) is 0 Å². The van der Waals surface area contributed by atoms with Crippen molar-refractivity contribution < 1.29 is 18.3 Å². The van der Waals surface area contributed by atoms with E-state index in [0.717, 1.165) is 17.0 Å². The van der Waals surface area contributed by atoms with E-state index in [2.05, 4.69) is 14.9 Å². The number of aromatic carboxylic acids is 1. The van der Waals surface area contributed by atoms with Gasteiger partial charge in [-0.05, 0) is 32.4 Å². The molecule has 0 aliphatic heterocycles. The minimum absolute atomic E-state index is 0.0142. The van der Waals surface area contributed by atoms with Crippen LogP contribution >= 0.6 is 11.3 Å². The van der Waals surface area contributed by atoms with Crippen LogP contribution in [0.2, 0.25) is 0 Å². The number of carboxylic acids is 1. The average molecular weight is 315 g/mol. The number of nitrogens with one attached hydrogen (secondary N) is 2. The highest BCUT2D eigenvalue weighted by Gasteiger charge is 2.23. The minimum Gasteiger partial charge on any atom is -0.477 e. The maximum atomic E-state index is 12.2. The number of sulfonamides is 1. The van der Waals surface area contributed by atoms with Crippen molar-refractivity contribution in [3.05, 3.63) is 27.8 Å². The van der Waals surface area contributed by atoms with Crippen LogP contribution in [-0.2, 0) is 10.0 Å². The summed E-state index contributed by atoms with van der Waals surface area (Å²) in [6.45, 7) is 5.07. The monoisotopic (exact) mass is 315 g/mol. The summed E-state index contributed by atoms with van der Waals surface area (Å²) in [5.41, 5.74) is 1.87. The third-order valence-corrected chi connectivity index (χ3v) is 5.88. The van der Waals surface area contributed by atoms with Crippen molar-refractivity contribution >= 4 is 33.1 Å². The van der Waals surface area contributed by atoms with Crippen molar-refractivity contribution in [3.8, 4) is 0 Å². The number of carboxylic acid groups (broad SMARTS) is 1. The van der Waals surface area contributed by atoms with Gasteiger partial charge in [0, 0.05) is 11.3 Å². The summed E-state index contributed by atoms with van der Waals surface area (Å²) in [6, 6.07) is 1.34. The Bertz CT molecular complexity index is 774. The molecule has 2 aromatic rings. The molecular formula is C11H13N3O4S2. The zero-order valence-corrected chi connectivity index (χ0v) is 12.6. The van der Waals surface area contributed by atoms with E-state index in [1.165, 1.54) is 6.07 Å². The van der Waals surface area contributed by atoms with Gasteiger partial charge in [-0.25, -0.2) is 13.2 Å². The molecule has 0 radical (unpaired) electrons. The SMILES string of the molecule is Cc1cc(S(=O)(=O)Nc2n[nH]c(C)c2C)sc1C(=O)O. The average Bonchev–Trinajstić information content (AvgIpc) is 2.87. The van der Waals surface area contributed by atoms with Crippen LogP contribution < -0.4 is 4.72 Å². The second kappa shape index (κ2) is 4.91. The van der Waals surface area contributed by atoms with Crippen LogP contribution in [0.15, 0.2) is 10.3 Å². The van der Waals surface area contributed by atoms with Gasteiger partial charge in [-0.3, -0.25) is 9.82 Å². The fraction of sp³-hybridized carbons (Fsp3) is 0.273. The van der Waals surface area contributed by atoms with E-state index >= 15 is 0 Å². The lowest BCUT2D eigenvalue weighted by Crippen LogP contribution is -2.12. The Balaban J connectivity index is 2.38. The Labute approximate surface area is 119 Å². The summed E-state index contributed by atoms with van der Waals surface area (Å²) in [5.74, 6) is -0.925. The first kappa shape index (κ1) is 14.5. The van der Waals surface area contributed by atoms with Crippen LogP contribution in [0.4, 0.5) is 5.82 Å². The third kappa shape index (κ3) is 2.54. The minimum atomic E-state index is -3.84. The normalized spacial score (nSPS) is 11.6. The topological polar surface area (TPSA) is 112 Å². The molecular weight excluding hydrogens is 302 g/mol. The van der Waals surface area contributed by atoms with Crippen LogP contribution in [0, 0.1) is 20.8 Å². The largest absolute Gasteiger partial charge is 0.477 e. The first-order valence-electron chi connectivity index (χ1n) is 5.60. The molecule has 0 bridgehead atoms. The van der Waals surface area contributed by atoms with E-state index in [-0.39, 0.29) is 14.9 Å². The highest BCUT2D eigenvalue weighted by Crippen LogP contribution is 2.28. The Morgan fingerprint density at radius 1 is 1.40 bits per heavy atom. The van der Waals surface area contributed by atoms with Crippen molar-refractivity contribution in [3.63, 3.8) is 0 Å². The molecule has 2 rings (SSSR count). The molecule has 108 valence electrons. The lowest BCUT2D eigenvalue weighted by atomic mass is 10.3. The molecule has 9 heteroatoms. The molecule has 0 aromatic carbocycles. The van der Waals surface area contributed by atoms with Gasteiger partial charge in [0.1, 0.15) is 9.09 Å². The van der Waals surface area contributed by atoms with Gasteiger partial charge in [0.15, 0.2) is 5.82 Å². The number of hydrogen-bond donors (Lipinski definition) is 3. The maximum absolute atomic E-state index is 12.2. The molecule has 3 N–H and O–H groups in total. The molecule has 0 fully saturated rings.